The van der Waals surface area contributed by atoms with Gasteiger partial charge in [-0.25, -0.2) is 0 Å². The first-order valence-corrected chi connectivity index (χ1v) is 6.19. The molecule has 16 heavy (non-hydrogen) atoms. The zero-order valence-electron chi connectivity index (χ0n) is 9.76. The van der Waals surface area contributed by atoms with E-state index in [1.807, 2.05) is 26.0 Å². The van der Waals surface area contributed by atoms with Crippen molar-refractivity contribution in [3.63, 3.8) is 0 Å². The molecule has 0 aliphatic heterocycles. The largest absolute Gasteiger partial charge is 0.315 e. The molecule has 3 heteroatoms. The highest BCUT2D eigenvalue weighted by molar-refractivity contribution is 9.10. The molecule has 1 rings (SSSR count). The van der Waals surface area contributed by atoms with E-state index in [2.05, 4.69) is 39.4 Å². The second kappa shape index (κ2) is 6.03. The Labute approximate surface area is 106 Å². The molecule has 0 heterocycles. The number of nitrogens with zero attached hydrogens (tertiary/aromatic N) is 1. The molecule has 0 aliphatic carbocycles. The highest BCUT2D eigenvalue weighted by Crippen LogP contribution is 2.12. The Morgan fingerprint density at radius 1 is 1.44 bits per heavy atom. The molecule has 0 aromatic heterocycles. The molecule has 0 spiro atoms. The van der Waals surface area contributed by atoms with E-state index in [1.54, 1.807) is 0 Å². The second-order valence-corrected chi connectivity index (χ2v) is 5.47. The quantitative estimate of drug-likeness (QED) is 0.842. The van der Waals surface area contributed by atoms with Crippen LogP contribution in [0, 0.1) is 16.7 Å². The summed E-state index contributed by atoms with van der Waals surface area (Å²) in [7, 11) is 0. The standard InChI is InChI=1S/C13H17BrN2/c1-13(2,9-15)10-16-7-6-11-4-3-5-12(14)8-11/h3-5,8,16H,6-7,10H2,1-2H3. The first-order valence-electron chi connectivity index (χ1n) is 5.40. The van der Waals surface area contributed by atoms with Gasteiger partial charge in [-0.1, -0.05) is 28.1 Å². The van der Waals surface area contributed by atoms with Crippen molar-refractivity contribution in [2.45, 2.75) is 20.3 Å². The molecule has 0 radical (unpaired) electrons. The lowest BCUT2D eigenvalue weighted by atomic mass is 9.96. The molecule has 2 nitrogen and oxygen atoms in total. The minimum absolute atomic E-state index is 0.280. The molecule has 0 unspecified atom stereocenters. The molecule has 0 saturated carbocycles. The monoisotopic (exact) mass is 280 g/mol. The number of nitriles is 1. The van der Waals surface area contributed by atoms with E-state index in [1.165, 1.54) is 5.56 Å². The van der Waals surface area contributed by atoms with E-state index < -0.39 is 0 Å². The average molecular weight is 281 g/mol. The third kappa shape index (κ3) is 4.78. The van der Waals surface area contributed by atoms with Crippen LogP contribution in [-0.2, 0) is 6.42 Å². The van der Waals surface area contributed by atoms with Crippen LogP contribution in [0.4, 0.5) is 0 Å². The van der Waals surface area contributed by atoms with Gasteiger partial charge in [0.2, 0.25) is 0 Å². The van der Waals surface area contributed by atoms with Crippen LogP contribution in [-0.4, -0.2) is 13.1 Å². The van der Waals surface area contributed by atoms with Crippen LogP contribution in [0.25, 0.3) is 0 Å². The predicted molar refractivity (Wildman–Crippen MR) is 70.1 cm³/mol. The average Bonchev–Trinajstić information content (AvgIpc) is 2.25. The molecule has 1 aromatic rings. The molecule has 0 atom stereocenters. The van der Waals surface area contributed by atoms with Crippen molar-refractivity contribution < 1.29 is 0 Å². The lowest BCUT2D eigenvalue weighted by molar-refractivity contribution is 0.447. The van der Waals surface area contributed by atoms with Gasteiger partial charge in [0.1, 0.15) is 0 Å². The van der Waals surface area contributed by atoms with Gasteiger partial charge in [0.15, 0.2) is 0 Å². The number of benzene rings is 1. The van der Waals surface area contributed by atoms with Crippen molar-refractivity contribution in [2.24, 2.45) is 5.41 Å². The smallest absolute Gasteiger partial charge is 0.0697 e. The topological polar surface area (TPSA) is 35.8 Å². The zero-order valence-corrected chi connectivity index (χ0v) is 11.3. The van der Waals surface area contributed by atoms with Gasteiger partial charge in [-0.2, -0.15) is 5.26 Å². The Morgan fingerprint density at radius 3 is 2.81 bits per heavy atom. The maximum absolute atomic E-state index is 8.85. The van der Waals surface area contributed by atoms with Crippen molar-refractivity contribution in [3.05, 3.63) is 34.3 Å². The normalized spacial score (nSPS) is 11.1. The van der Waals surface area contributed by atoms with Gasteiger partial charge in [-0.15, -0.1) is 0 Å². The molecular formula is C13H17BrN2. The Bertz CT molecular complexity index is 380. The van der Waals surface area contributed by atoms with Crippen LogP contribution in [0.3, 0.4) is 0 Å². The van der Waals surface area contributed by atoms with Crippen LogP contribution in [0.1, 0.15) is 19.4 Å². The molecule has 0 saturated heterocycles. The van der Waals surface area contributed by atoms with Gasteiger partial charge in [0.25, 0.3) is 0 Å². The van der Waals surface area contributed by atoms with Gasteiger partial charge in [0.05, 0.1) is 11.5 Å². The summed E-state index contributed by atoms with van der Waals surface area (Å²) in [5.74, 6) is 0. The minimum Gasteiger partial charge on any atom is -0.315 e. The molecule has 1 aromatic carbocycles. The van der Waals surface area contributed by atoms with Crippen molar-refractivity contribution >= 4 is 15.9 Å². The summed E-state index contributed by atoms with van der Waals surface area (Å²) in [5, 5.41) is 12.2. The molecule has 0 aliphatic rings. The molecule has 0 amide bonds. The SMILES string of the molecule is CC(C)(C#N)CNCCc1cccc(Br)c1. The van der Waals surface area contributed by atoms with Crippen LogP contribution >= 0.6 is 15.9 Å². The number of hydrogen-bond donors (Lipinski definition) is 1. The van der Waals surface area contributed by atoms with E-state index in [-0.39, 0.29) is 5.41 Å². The Balaban J connectivity index is 2.29. The number of halogens is 1. The first-order chi connectivity index (χ1) is 7.53. The van der Waals surface area contributed by atoms with Crippen molar-refractivity contribution in [1.82, 2.24) is 5.32 Å². The molecule has 0 fully saturated rings. The van der Waals surface area contributed by atoms with E-state index in [4.69, 9.17) is 5.26 Å². The Kier molecular flexibility index (Phi) is 4.98. The van der Waals surface area contributed by atoms with Gasteiger partial charge in [-0.05, 0) is 44.5 Å². The number of rotatable bonds is 5. The van der Waals surface area contributed by atoms with Crippen LogP contribution in [0.15, 0.2) is 28.7 Å². The molecule has 0 bridgehead atoms. The fraction of sp³-hybridized carbons (Fsp3) is 0.462. The summed E-state index contributed by atoms with van der Waals surface area (Å²) in [6.07, 6.45) is 0.987. The van der Waals surface area contributed by atoms with Gasteiger partial charge < -0.3 is 5.32 Å². The first kappa shape index (κ1) is 13.2. The fourth-order valence-electron chi connectivity index (χ4n) is 1.37. The van der Waals surface area contributed by atoms with Gasteiger partial charge in [0, 0.05) is 11.0 Å². The summed E-state index contributed by atoms with van der Waals surface area (Å²) >= 11 is 3.45. The summed E-state index contributed by atoms with van der Waals surface area (Å²) in [6, 6.07) is 10.6. The lowest BCUT2D eigenvalue weighted by Crippen LogP contribution is -2.29. The summed E-state index contributed by atoms with van der Waals surface area (Å²) < 4.78 is 1.11. The predicted octanol–water partition coefficient (Wildman–Crippen LogP) is 3.13. The van der Waals surface area contributed by atoms with Gasteiger partial charge in [-0.3, -0.25) is 0 Å². The van der Waals surface area contributed by atoms with Crippen molar-refractivity contribution in [1.29, 1.82) is 5.26 Å². The van der Waals surface area contributed by atoms with E-state index in [0.29, 0.717) is 0 Å². The maximum atomic E-state index is 8.85. The second-order valence-electron chi connectivity index (χ2n) is 4.55. The Morgan fingerprint density at radius 2 is 2.19 bits per heavy atom. The van der Waals surface area contributed by atoms with E-state index in [9.17, 15) is 0 Å². The molecule has 1 N–H and O–H groups in total. The summed E-state index contributed by atoms with van der Waals surface area (Å²) in [5.41, 5.74) is 1.02. The lowest BCUT2D eigenvalue weighted by Gasteiger charge is -2.15. The van der Waals surface area contributed by atoms with Crippen molar-refractivity contribution in [2.75, 3.05) is 13.1 Å². The number of hydrogen-bond acceptors (Lipinski definition) is 2. The fourth-order valence-corrected chi connectivity index (χ4v) is 1.81. The van der Waals surface area contributed by atoms with E-state index >= 15 is 0 Å². The summed E-state index contributed by atoms with van der Waals surface area (Å²) in [4.78, 5) is 0. The third-order valence-corrected chi connectivity index (χ3v) is 2.84. The third-order valence-electron chi connectivity index (χ3n) is 2.35. The minimum atomic E-state index is -0.280. The maximum Gasteiger partial charge on any atom is 0.0697 e. The highest BCUT2D eigenvalue weighted by Gasteiger charge is 2.14. The Hall–Kier alpha value is -0.850. The summed E-state index contributed by atoms with van der Waals surface area (Å²) in [6.45, 7) is 5.53. The van der Waals surface area contributed by atoms with Crippen molar-refractivity contribution in [3.8, 4) is 6.07 Å². The van der Waals surface area contributed by atoms with Crippen LogP contribution in [0.5, 0.6) is 0 Å². The van der Waals surface area contributed by atoms with E-state index in [0.717, 1.165) is 24.0 Å². The van der Waals surface area contributed by atoms with Crippen LogP contribution < -0.4 is 5.32 Å². The zero-order chi connectivity index (χ0) is 12.0. The number of nitrogens with one attached hydrogen (secondary N) is 1. The molecular weight excluding hydrogens is 264 g/mol. The van der Waals surface area contributed by atoms with Gasteiger partial charge >= 0.3 is 0 Å². The highest BCUT2D eigenvalue weighted by atomic mass is 79.9. The van der Waals surface area contributed by atoms with Crippen LogP contribution in [0.2, 0.25) is 0 Å². The molecule has 86 valence electrons.